The van der Waals surface area contributed by atoms with Crippen molar-refractivity contribution in [3.05, 3.63) is 0 Å². The van der Waals surface area contributed by atoms with E-state index in [1.807, 2.05) is 34.6 Å². The van der Waals surface area contributed by atoms with Crippen molar-refractivity contribution in [2.45, 2.75) is 58.3 Å². The number of thioether (sulfide) groups is 1. The van der Waals surface area contributed by atoms with Crippen LogP contribution in [0.4, 0.5) is 4.79 Å². The normalized spacial score (nSPS) is 18.0. The van der Waals surface area contributed by atoms with Gasteiger partial charge in [-0.05, 0) is 40.5 Å². The molecule has 22 heavy (non-hydrogen) atoms. The fourth-order valence-electron chi connectivity index (χ4n) is 2.16. The number of rotatable bonds is 5. The van der Waals surface area contributed by atoms with Crippen molar-refractivity contribution < 1.29 is 19.1 Å². The highest BCUT2D eigenvalue weighted by Crippen LogP contribution is 2.26. The molecule has 1 heterocycles. The first-order chi connectivity index (χ1) is 10.2. The second kappa shape index (κ2) is 8.65. The zero-order chi connectivity index (χ0) is 16.8. The van der Waals surface area contributed by atoms with Crippen LogP contribution in [0.2, 0.25) is 0 Å². The second-order valence-corrected chi connectivity index (χ2v) is 7.99. The average Bonchev–Trinajstić information content (AvgIpc) is 2.43. The third-order valence-corrected chi connectivity index (χ3v) is 5.00. The number of ether oxygens (including phenoxy) is 2. The van der Waals surface area contributed by atoms with Gasteiger partial charge < -0.3 is 14.4 Å². The predicted molar refractivity (Wildman–Crippen MR) is 89.1 cm³/mol. The summed E-state index contributed by atoms with van der Waals surface area (Å²) in [6.45, 7) is 11.2. The van der Waals surface area contributed by atoms with Gasteiger partial charge in [0.15, 0.2) is 0 Å². The minimum Gasteiger partial charge on any atom is -0.466 e. The Balaban J connectivity index is 2.28. The van der Waals surface area contributed by atoms with E-state index in [1.54, 1.807) is 16.7 Å². The largest absolute Gasteiger partial charge is 0.466 e. The van der Waals surface area contributed by atoms with Crippen LogP contribution in [0.3, 0.4) is 0 Å². The van der Waals surface area contributed by atoms with Gasteiger partial charge in [0, 0.05) is 24.1 Å². The number of hydrogen-bond acceptors (Lipinski definition) is 5. The van der Waals surface area contributed by atoms with Crippen molar-refractivity contribution >= 4 is 23.8 Å². The third kappa shape index (κ3) is 6.90. The molecule has 0 aromatic heterocycles. The number of amides is 1. The molecule has 1 saturated heterocycles. The Kier molecular flexibility index (Phi) is 7.53. The smallest absolute Gasteiger partial charge is 0.410 e. The van der Waals surface area contributed by atoms with E-state index in [0.717, 1.165) is 31.7 Å². The van der Waals surface area contributed by atoms with Gasteiger partial charge >= 0.3 is 12.1 Å². The minimum absolute atomic E-state index is 0.0752. The number of esters is 1. The Morgan fingerprint density at radius 2 is 1.86 bits per heavy atom. The molecule has 0 radical (unpaired) electrons. The Labute approximate surface area is 138 Å². The van der Waals surface area contributed by atoms with Gasteiger partial charge in [0.05, 0.1) is 12.5 Å². The first kappa shape index (κ1) is 19.1. The molecule has 1 amide bonds. The first-order valence-corrected chi connectivity index (χ1v) is 9.04. The predicted octanol–water partition coefficient (Wildman–Crippen LogP) is 3.32. The minimum atomic E-state index is -0.447. The molecule has 1 unspecified atom stereocenters. The molecule has 0 N–H and O–H groups in total. The highest BCUT2D eigenvalue weighted by Gasteiger charge is 2.27. The Bertz CT molecular complexity index is 373. The molecule has 1 fully saturated rings. The maximum absolute atomic E-state index is 12.0. The zero-order valence-electron chi connectivity index (χ0n) is 14.4. The lowest BCUT2D eigenvalue weighted by Gasteiger charge is -2.33. The van der Waals surface area contributed by atoms with E-state index in [1.165, 1.54) is 0 Å². The molecular formula is C16H29NO4S. The average molecular weight is 331 g/mol. The lowest BCUT2D eigenvalue weighted by Crippen LogP contribution is -2.42. The van der Waals surface area contributed by atoms with E-state index < -0.39 is 5.60 Å². The van der Waals surface area contributed by atoms with Crippen molar-refractivity contribution in [2.75, 3.05) is 25.4 Å². The highest BCUT2D eigenvalue weighted by molar-refractivity contribution is 7.99. The maximum Gasteiger partial charge on any atom is 0.410 e. The van der Waals surface area contributed by atoms with E-state index in [2.05, 4.69) is 0 Å². The van der Waals surface area contributed by atoms with Crippen LogP contribution >= 0.6 is 11.8 Å². The summed E-state index contributed by atoms with van der Waals surface area (Å²) < 4.78 is 10.4. The van der Waals surface area contributed by atoms with Gasteiger partial charge in [-0.15, -0.1) is 0 Å². The molecule has 0 bridgehead atoms. The van der Waals surface area contributed by atoms with Crippen molar-refractivity contribution in [1.82, 2.24) is 4.90 Å². The van der Waals surface area contributed by atoms with Crippen molar-refractivity contribution in [1.29, 1.82) is 0 Å². The quantitative estimate of drug-likeness (QED) is 0.723. The molecule has 1 atom stereocenters. The highest BCUT2D eigenvalue weighted by atomic mass is 32.2. The summed E-state index contributed by atoms with van der Waals surface area (Å²) in [5.41, 5.74) is -0.447. The van der Waals surface area contributed by atoms with Gasteiger partial charge in [0.2, 0.25) is 0 Å². The Morgan fingerprint density at radius 3 is 2.36 bits per heavy atom. The number of carbonyl (C=O) groups is 2. The number of hydrogen-bond donors (Lipinski definition) is 0. The van der Waals surface area contributed by atoms with Gasteiger partial charge in [-0.2, -0.15) is 11.8 Å². The number of likely N-dealkylation sites (tertiary alicyclic amines) is 1. The lowest BCUT2D eigenvalue weighted by molar-refractivity contribution is -0.146. The molecule has 128 valence electrons. The molecule has 0 saturated carbocycles. The Morgan fingerprint density at radius 1 is 1.27 bits per heavy atom. The summed E-state index contributed by atoms with van der Waals surface area (Å²) in [7, 11) is 0. The molecule has 0 aromatic carbocycles. The van der Waals surface area contributed by atoms with Crippen LogP contribution in [-0.2, 0) is 14.3 Å². The molecule has 0 aliphatic carbocycles. The first-order valence-electron chi connectivity index (χ1n) is 7.99. The number of carbonyl (C=O) groups excluding carboxylic acids is 2. The maximum atomic E-state index is 12.0. The molecule has 0 aromatic rings. The van der Waals surface area contributed by atoms with Crippen molar-refractivity contribution in [2.24, 2.45) is 5.92 Å². The summed E-state index contributed by atoms with van der Waals surface area (Å²) in [6, 6.07) is 0. The standard InChI is InChI=1S/C16H29NO4S/c1-6-20-14(18)12(2)11-22-13-7-9-17(10-8-13)15(19)21-16(3,4)5/h12-13H,6-11H2,1-5H3. The molecule has 0 spiro atoms. The van der Waals surface area contributed by atoms with Crippen LogP contribution in [0.25, 0.3) is 0 Å². The topological polar surface area (TPSA) is 55.8 Å². The second-order valence-electron chi connectivity index (χ2n) is 6.65. The monoisotopic (exact) mass is 331 g/mol. The van der Waals surface area contributed by atoms with E-state index in [0.29, 0.717) is 11.9 Å². The fraction of sp³-hybridized carbons (Fsp3) is 0.875. The summed E-state index contributed by atoms with van der Waals surface area (Å²) >= 11 is 1.81. The summed E-state index contributed by atoms with van der Waals surface area (Å²) in [6.07, 6.45) is 1.66. The SMILES string of the molecule is CCOC(=O)C(C)CSC1CCN(C(=O)OC(C)(C)C)CC1. The van der Waals surface area contributed by atoms with Gasteiger partial charge in [-0.3, -0.25) is 4.79 Å². The molecule has 1 aliphatic rings. The van der Waals surface area contributed by atoms with E-state index in [-0.39, 0.29) is 18.0 Å². The van der Waals surface area contributed by atoms with Gasteiger partial charge in [-0.1, -0.05) is 6.92 Å². The van der Waals surface area contributed by atoms with Crippen molar-refractivity contribution in [3.8, 4) is 0 Å². The summed E-state index contributed by atoms with van der Waals surface area (Å²) in [5.74, 6) is 0.575. The summed E-state index contributed by atoms with van der Waals surface area (Å²) in [4.78, 5) is 25.3. The summed E-state index contributed by atoms with van der Waals surface area (Å²) in [5, 5.41) is 0.496. The van der Waals surface area contributed by atoms with Crippen LogP contribution in [0.5, 0.6) is 0 Å². The van der Waals surface area contributed by atoms with E-state index >= 15 is 0 Å². The Hall–Kier alpha value is -0.910. The third-order valence-electron chi connectivity index (χ3n) is 3.36. The number of piperidine rings is 1. The molecule has 5 nitrogen and oxygen atoms in total. The molecular weight excluding hydrogens is 302 g/mol. The van der Waals surface area contributed by atoms with Crippen LogP contribution < -0.4 is 0 Å². The van der Waals surface area contributed by atoms with Crippen LogP contribution in [0.1, 0.15) is 47.5 Å². The van der Waals surface area contributed by atoms with Crippen LogP contribution in [0, 0.1) is 5.92 Å². The van der Waals surface area contributed by atoms with E-state index in [9.17, 15) is 9.59 Å². The molecule has 6 heteroatoms. The van der Waals surface area contributed by atoms with Gasteiger partial charge in [0.25, 0.3) is 0 Å². The van der Waals surface area contributed by atoms with Gasteiger partial charge in [0.1, 0.15) is 5.60 Å². The van der Waals surface area contributed by atoms with Crippen LogP contribution in [0.15, 0.2) is 0 Å². The molecule has 1 rings (SSSR count). The van der Waals surface area contributed by atoms with E-state index in [4.69, 9.17) is 9.47 Å². The fourth-order valence-corrected chi connectivity index (χ4v) is 3.41. The number of nitrogens with zero attached hydrogens (tertiary/aromatic N) is 1. The van der Waals surface area contributed by atoms with Gasteiger partial charge in [-0.25, -0.2) is 4.79 Å². The molecule has 1 aliphatic heterocycles. The van der Waals surface area contributed by atoms with Crippen molar-refractivity contribution in [3.63, 3.8) is 0 Å². The van der Waals surface area contributed by atoms with Crippen LogP contribution in [-0.4, -0.2) is 53.3 Å². The lowest BCUT2D eigenvalue weighted by atomic mass is 10.1. The zero-order valence-corrected chi connectivity index (χ0v) is 15.2.